The summed E-state index contributed by atoms with van der Waals surface area (Å²) in [5.41, 5.74) is 0.994. The van der Waals surface area contributed by atoms with Crippen molar-refractivity contribution in [2.75, 3.05) is 31.7 Å². The summed E-state index contributed by atoms with van der Waals surface area (Å²) in [5, 5.41) is 10.5. The number of aliphatic hydroxyl groups is 1. The van der Waals surface area contributed by atoms with Crippen LogP contribution in [0.4, 0.5) is 5.13 Å². The molecule has 1 unspecified atom stereocenters. The van der Waals surface area contributed by atoms with Crippen LogP contribution in [-0.2, 0) is 16.8 Å². The third-order valence-electron chi connectivity index (χ3n) is 3.65. The molecule has 2 heterocycles. The van der Waals surface area contributed by atoms with Crippen LogP contribution in [0, 0.1) is 5.92 Å². The molecular formula is C15H26N2O2S. The second-order valence-corrected chi connectivity index (χ2v) is 7.70. The number of anilines is 1. The fraction of sp³-hybridized carbons (Fsp3) is 0.800. The van der Waals surface area contributed by atoms with E-state index in [2.05, 4.69) is 32.7 Å². The molecule has 1 aliphatic rings. The van der Waals surface area contributed by atoms with Crippen molar-refractivity contribution in [2.24, 2.45) is 5.92 Å². The van der Waals surface area contributed by atoms with E-state index in [-0.39, 0.29) is 12.0 Å². The topological polar surface area (TPSA) is 45.6 Å². The highest BCUT2D eigenvalue weighted by Crippen LogP contribution is 2.34. The molecule has 2 rings (SSSR count). The molecule has 0 bridgehead atoms. The normalized spacial score (nSPS) is 20.1. The molecule has 0 spiro atoms. The molecule has 1 N–H and O–H groups in total. The fourth-order valence-corrected chi connectivity index (χ4v) is 3.71. The van der Waals surface area contributed by atoms with Gasteiger partial charge in [0.05, 0.1) is 23.8 Å². The van der Waals surface area contributed by atoms with Gasteiger partial charge in [-0.3, -0.25) is 0 Å². The molecule has 1 fully saturated rings. The summed E-state index contributed by atoms with van der Waals surface area (Å²) >= 11 is 1.61. The molecule has 1 aromatic heterocycles. The highest BCUT2D eigenvalue weighted by atomic mass is 32.1. The summed E-state index contributed by atoms with van der Waals surface area (Å²) in [7, 11) is 2.08. The second-order valence-electron chi connectivity index (χ2n) is 6.64. The van der Waals surface area contributed by atoms with E-state index in [1.165, 1.54) is 6.42 Å². The lowest BCUT2D eigenvalue weighted by molar-refractivity contribution is 0.0576. The Labute approximate surface area is 125 Å². The van der Waals surface area contributed by atoms with Crippen LogP contribution in [0.25, 0.3) is 0 Å². The maximum Gasteiger partial charge on any atom is 0.185 e. The third kappa shape index (κ3) is 3.71. The average molecular weight is 298 g/mol. The number of aromatic nitrogens is 1. The smallest absolute Gasteiger partial charge is 0.185 e. The van der Waals surface area contributed by atoms with Gasteiger partial charge in [0.2, 0.25) is 0 Å². The predicted molar refractivity (Wildman–Crippen MR) is 83.5 cm³/mol. The molecular weight excluding hydrogens is 272 g/mol. The van der Waals surface area contributed by atoms with Gasteiger partial charge in [0.15, 0.2) is 5.13 Å². The van der Waals surface area contributed by atoms with Crippen LogP contribution in [0.2, 0.25) is 0 Å². The number of hydrogen-bond acceptors (Lipinski definition) is 5. The van der Waals surface area contributed by atoms with Gasteiger partial charge in [0, 0.05) is 25.6 Å². The van der Waals surface area contributed by atoms with Crippen LogP contribution < -0.4 is 4.90 Å². The first-order chi connectivity index (χ1) is 9.41. The summed E-state index contributed by atoms with van der Waals surface area (Å²) in [5.74, 6) is 0.591. The zero-order valence-electron chi connectivity index (χ0n) is 13.0. The maximum absolute atomic E-state index is 9.53. The van der Waals surface area contributed by atoms with Gasteiger partial charge in [-0.1, -0.05) is 32.1 Å². The Morgan fingerprint density at radius 3 is 2.70 bits per heavy atom. The van der Waals surface area contributed by atoms with E-state index in [0.29, 0.717) is 5.92 Å². The van der Waals surface area contributed by atoms with Gasteiger partial charge in [-0.2, -0.15) is 0 Å². The van der Waals surface area contributed by atoms with Crippen LogP contribution in [0.3, 0.4) is 0 Å². The van der Waals surface area contributed by atoms with E-state index in [1.807, 2.05) is 0 Å². The van der Waals surface area contributed by atoms with Crippen molar-refractivity contribution in [3.63, 3.8) is 0 Å². The van der Waals surface area contributed by atoms with Crippen LogP contribution in [0.5, 0.6) is 0 Å². The largest absolute Gasteiger partial charge is 0.391 e. The fourth-order valence-electron chi connectivity index (χ4n) is 2.61. The summed E-state index contributed by atoms with van der Waals surface area (Å²) in [6.45, 7) is 9.22. The van der Waals surface area contributed by atoms with E-state index < -0.39 is 0 Å². The van der Waals surface area contributed by atoms with Crippen LogP contribution in [-0.4, -0.2) is 36.9 Å². The Balaban J connectivity index is 2.09. The SMILES string of the molecule is CN(CC1CCCOC1)c1nc(C(C)(C)C)c(CO)s1. The lowest BCUT2D eigenvalue weighted by Gasteiger charge is -2.26. The highest BCUT2D eigenvalue weighted by Gasteiger charge is 2.25. The van der Waals surface area contributed by atoms with E-state index in [0.717, 1.165) is 41.9 Å². The van der Waals surface area contributed by atoms with Crippen LogP contribution >= 0.6 is 11.3 Å². The zero-order chi connectivity index (χ0) is 14.8. The number of hydrogen-bond donors (Lipinski definition) is 1. The van der Waals surface area contributed by atoms with Gasteiger partial charge < -0.3 is 14.7 Å². The van der Waals surface area contributed by atoms with Gasteiger partial charge >= 0.3 is 0 Å². The van der Waals surface area contributed by atoms with Crippen molar-refractivity contribution in [2.45, 2.75) is 45.6 Å². The first-order valence-electron chi connectivity index (χ1n) is 7.31. The molecule has 20 heavy (non-hydrogen) atoms. The Morgan fingerprint density at radius 2 is 2.20 bits per heavy atom. The second kappa shape index (κ2) is 6.41. The lowest BCUT2D eigenvalue weighted by atomic mass is 9.91. The van der Waals surface area contributed by atoms with E-state index in [4.69, 9.17) is 9.72 Å². The van der Waals surface area contributed by atoms with E-state index >= 15 is 0 Å². The molecule has 1 saturated heterocycles. The van der Waals surface area contributed by atoms with Crippen molar-refractivity contribution in [3.8, 4) is 0 Å². The molecule has 0 aliphatic carbocycles. The van der Waals surface area contributed by atoms with Crippen molar-refractivity contribution in [3.05, 3.63) is 10.6 Å². The summed E-state index contributed by atoms with van der Waals surface area (Å²) in [6.07, 6.45) is 2.39. The molecule has 0 aromatic carbocycles. The standard InChI is InChI=1S/C15H26N2O2S/c1-15(2,3)13-12(9-18)20-14(16-13)17(4)8-11-6-5-7-19-10-11/h11,18H,5-10H2,1-4H3. The highest BCUT2D eigenvalue weighted by molar-refractivity contribution is 7.15. The number of ether oxygens (including phenoxy) is 1. The third-order valence-corrected chi connectivity index (χ3v) is 4.81. The molecule has 5 heteroatoms. The molecule has 0 amide bonds. The summed E-state index contributed by atoms with van der Waals surface area (Å²) in [6, 6.07) is 0. The Kier molecular flexibility index (Phi) is 5.04. The van der Waals surface area contributed by atoms with Crippen LogP contribution in [0.1, 0.15) is 44.2 Å². The predicted octanol–water partition coefficient (Wildman–Crippen LogP) is 2.80. The molecule has 114 valence electrons. The van der Waals surface area contributed by atoms with Gasteiger partial charge in [0.25, 0.3) is 0 Å². The first-order valence-corrected chi connectivity index (χ1v) is 8.13. The Hall–Kier alpha value is -0.650. The van der Waals surface area contributed by atoms with Crippen molar-refractivity contribution in [1.29, 1.82) is 0 Å². The minimum absolute atomic E-state index is 0.0262. The summed E-state index contributed by atoms with van der Waals surface area (Å²) in [4.78, 5) is 7.95. The minimum Gasteiger partial charge on any atom is -0.391 e. The monoisotopic (exact) mass is 298 g/mol. The van der Waals surface area contributed by atoms with Gasteiger partial charge in [-0.05, 0) is 18.8 Å². The molecule has 1 atom stereocenters. The van der Waals surface area contributed by atoms with E-state index in [1.54, 1.807) is 11.3 Å². The molecule has 1 aromatic rings. The zero-order valence-corrected chi connectivity index (χ0v) is 13.8. The van der Waals surface area contributed by atoms with Crippen molar-refractivity contribution >= 4 is 16.5 Å². The first kappa shape index (κ1) is 15.7. The lowest BCUT2D eigenvalue weighted by Crippen LogP contribution is -2.30. The molecule has 0 saturated carbocycles. The molecule has 0 radical (unpaired) electrons. The van der Waals surface area contributed by atoms with Gasteiger partial charge in [-0.15, -0.1) is 0 Å². The number of aliphatic hydroxyl groups excluding tert-OH is 1. The number of nitrogens with zero attached hydrogens (tertiary/aromatic N) is 2. The summed E-state index contributed by atoms with van der Waals surface area (Å²) < 4.78 is 5.54. The minimum atomic E-state index is -0.0262. The average Bonchev–Trinajstić information content (AvgIpc) is 2.84. The van der Waals surface area contributed by atoms with Gasteiger partial charge in [-0.25, -0.2) is 4.98 Å². The van der Waals surface area contributed by atoms with Crippen molar-refractivity contribution in [1.82, 2.24) is 4.98 Å². The maximum atomic E-state index is 9.53. The van der Waals surface area contributed by atoms with Crippen LogP contribution in [0.15, 0.2) is 0 Å². The van der Waals surface area contributed by atoms with E-state index in [9.17, 15) is 5.11 Å². The molecule has 4 nitrogen and oxygen atoms in total. The van der Waals surface area contributed by atoms with Gasteiger partial charge in [0.1, 0.15) is 0 Å². The molecule has 1 aliphatic heterocycles. The quantitative estimate of drug-likeness (QED) is 0.928. The Morgan fingerprint density at radius 1 is 1.45 bits per heavy atom. The Bertz CT molecular complexity index is 434. The number of rotatable bonds is 4. The van der Waals surface area contributed by atoms with Crippen molar-refractivity contribution < 1.29 is 9.84 Å². The number of thiazole rings is 1.